The number of rotatable bonds is 8. The number of amides is 1. The van der Waals surface area contributed by atoms with Gasteiger partial charge >= 0.3 is 0 Å². The molecule has 0 bridgehead atoms. The summed E-state index contributed by atoms with van der Waals surface area (Å²) in [6.07, 6.45) is 0.797. The quantitative estimate of drug-likeness (QED) is 0.369. The number of nitrogens with one attached hydrogen (secondary N) is 1. The highest BCUT2D eigenvalue weighted by Gasteiger charge is 2.18. The number of aliphatic imine (C=N–C) groups is 1. The molecule has 0 saturated heterocycles. The molecule has 28 heavy (non-hydrogen) atoms. The van der Waals surface area contributed by atoms with Crippen LogP contribution in [0.2, 0.25) is 0 Å². The van der Waals surface area contributed by atoms with E-state index in [0.717, 1.165) is 17.5 Å². The van der Waals surface area contributed by atoms with Crippen LogP contribution in [0.1, 0.15) is 18.9 Å². The lowest BCUT2D eigenvalue weighted by atomic mass is 9.97. The molecule has 5 N–H and O–H groups in total. The molecule has 0 heterocycles. The van der Waals surface area contributed by atoms with E-state index in [-0.39, 0.29) is 17.3 Å². The van der Waals surface area contributed by atoms with Crippen LogP contribution in [0.3, 0.4) is 0 Å². The molecule has 0 spiro atoms. The minimum Gasteiger partial charge on any atom is -0.497 e. The molecule has 148 valence electrons. The molecule has 0 radical (unpaired) electrons. The van der Waals surface area contributed by atoms with Crippen LogP contribution < -0.4 is 26.3 Å². The van der Waals surface area contributed by atoms with E-state index in [2.05, 4.69) is 17.0 Å². The molecule has 2 rings (SSSR count). The SMILES string of the molecule is C=N/C(C(=O)NCCC)=C(/N)c1cccc(-c2ccc(OC)cc2OC)c1N. The highest BCUT2D eigenvalue weighted by atomic mass is 16.5. The number of nitrogen functional groups attached to an aromatic ring is 1. The second-order valence-electron chi connectivity index (χ2n) is 6.01. The maximum atomic E-state index is 12.3. The topological polar surface area (TPSA) is 112 Å². The van der Waals surface area contributed by atoms with Gasteiger partial charge in [-0.2, -0.15) is 0 Å². The summed E-state index contributed by atoms with van der Waals surface area (Å²) >= 11 is 0. The van der Waals surface area contributed by atoms with Crippen molar-refractivity contribution >= 4 is 24.0 Å². The number of carbonyl (C=O) groups excluding carboxylic acids is 1. The summed E-state index contributed by atoms with van der Waals surface area (Å²) < 4.78 is 10.7. The molecule has 0 aliphatic heterocycles. The summed E-state index contributed by atoms with van der Waals surface area (Å²) in [5, 5.41) is 2.75. The summed E-state index contributed by atoms with van der Waals surface area (Å²) in [5.74, 6) is 0.884. The number of carbonyl (C=O) groups is 1. The number of ether oxygens (including phenoxy) is 2. The number of methoxy groups -OCH3 is 2. The van der Waals surface area contributed by atoms with E-state index < -0.39 is 0 Å². The van der Waals surface area contributed by atoms with Crippen molar-refractivity contribution in [2.45, 2.75) is 13.3 Å². The van der Waals surface area contributed by atoms with E-state index in [9.17, 15) is 4.79 Å². The first kappa shape index (κ1) is 20.8. The maximum Gasteiger partial charge on any atom is 0.272 e. The van der Waals surface area contributed by atoms with Gasteiger partial charge in [0.25, 0.3) is 5.91 Å². The Kier molecular flexibility index (Phi) is 7.03. The van der Waals surface area contributed by atoms with Gasteiger partial charge in [0.15, 0.2) is 5.70 Å². The van der Waals surface area contributed by atoms with Gasteiger partial charge in [0.05, 0.1) is 19.9 Å². The van der Waals surface area contributed by atoms with Crippen molar-refractivity contribution in [2.75, 3.05) is 26.5 Å². The standard InChI is InChI=1S/C21H26N4O3/c1-5-11-25-21(26)20(24-2)19(23)16-8-6-7-15(18(16)22)14-10-9-13(27-3)12-17(14)28-4/h6-10,12H,2,5,11,22-23H2,1,3-4H3,(H,25,26)/b20-19+. The molecule has 7 heteroatoms. The van der Waals surface area contributed by atoms with Crippen molar-refractivity contribution in [3.8, 4) is 22.6 Å². The highest BCUT2D eigenvalue weighted by Crippen LogP contribution is 2.38. The van der Waals surface area contributed by atoms with Gasteiger partial charge in [-0.05, 0) is 25.3 Å². The summed E-state index contributed by atoms with van der Waals surface area (Å²) in [5.41, 5.74) is 15.3. The number of para-hydroxylation sites is 1. The van der Waals surface area contributed by atoms with Crippen molar-refractivity contribution in [1.29, 1.82) is 0 Å². The highest BCUT2D eigenvalue weighted by molar-refractivity contribution is 6.02. The molecule has 0 atom stereocenters. The zero-order chi connectivity index (χ0) is 20.7. The average molecular weight is 382 g/mol. The molecule has 0 saturated carbocycles. The van der Waals surface area contributed by atoms with E-state index in [4.69, 9.17) is 20.9 Å². The molecule has 0 aliphatic rings. The molecule has 0 aromatic heterocycles. The molecule has 2 aromatic rings. The third-order valence-corrected chi connectivity index (χ3v) is 4.26. The second kappa shape index (κ2) is 9.45. The zero-order valence-corrected chi connectivity index (χ0v) is 16.4. The van der Waals surface area contributed by atoms with Gasteiger partial charge in [0.2, 0.25) is 0 Å². The predicted octanol–water partition coefficient (Wildman–Crippen LogP) is 2.81. The van der Waals surface area contributed by atoms with Gasteiger partial charge in [-0.1, -0.05) is 25.1 Å². The first-order chi connectivity index (χ1) is 13.5. The summed E-state index contributed by atoms with van der Waals surface area (Å²) in [6, 6.07) is 10.8. The van der Waals surface area contributed by atoms with E-state index in [0.29, 0.717) is 29.3 Å². The van der Waals surface area contributed by atoms with Gasteiger partial charge in [-0.15, -0.1) is 0 Å². The van der Waals surface area contributed by atoms with Gasteiger partial charge in [-0.3, -0.25) is 9.79 Å². The van der Waals surface area contributed by atoms with Crippen LogP contribution in [0.15, 0.2) is 47.1 Å². The summed E-state index contributed by atoms with van der Waals surface area (Å²) in [7, 11) is 3.16. The van der Waals surface area contributed by atoms with E-state index in [1.54, 1.807) is 26.4 Å². The minimum absolute atomic E-state index is 0.0407. The number of benzene rings is 2. The van der Waals surface area contributed by atoms with E-state index >= 15 is 0 Å². The average Bonchev–Trinajstić information content (AvgIpc) is 2.72. The van der Waals surface area contributed by atoms with Crippen LogP contribution in [-0.4, -0.2) is 33.4 Å². The van der Waals surface area contributed by atoms with Crippen LogP contribution in [0.5, 0.6) is 11.5 Å². The Morgan fingerprint density at radius 1 is 1.18 bits per heavy atom. The van der Waals surface area contributed by atoms with Crippen molar-refractivity contribution < 1.29 is 14.3 Å². The van der Waals surface area contributed by atoms with Gasteiger partial charge in [-0.25, -0.2) is 0 Å². The Morgan fingerprint density at radius 3 is 2.54 bits per heavy atom. The predicted molar refractivity (Wildman–Crippen MR) is 113 cm³/mol. The van der Waals surface area contributed by atoms with Crippen molar-refractivity contribution in [3.63, 3.8) is 0 Å². The zero-order valence-electron chi connectivity index (χ0n) is 16.4. The van der Waals surface area contributed by atoms with Crippen molar-refractivity contribution in [2.24, 2.45) is 10.7 Å². The maximum absolute atomic E-state index is 12.3. The summed E-state index contributed by atoms with van der Waals surface area (Å²) in [4.78, 5) is 16.1. The second-order valence-corrected chi connectivity index (χ2v) is 6.01. The lowest BCUT2D eigenvalue weighted by Crippen LogP contribution is -2.26. The van der Waals surface area contributed by atoms with E-state index in [1.807, 2.05) is 31.2 Å². The van der Waals surface area contributed by atoms with Crippen LogP contribution in [-0.2, 0) is 4.79 Å². The van der Waals surface area contributed by atoms with Gasteiger partial charge < -0.3 is 26.3 Å². The number of nitrogens with two attached hydrogens (primary N) is 2. The number of nitrogens with zero attached hydrogens (tertiary/aromatic N) is 1. The summed E-state index contributed by atoms with van der Waals surface area (Å²) in [6.45, 7) is 5.94. The minimum atomic E-state index is -0.388. The molecular formula is C21H26N4O3. The van der Waals surface area contributed by atoms with E-state index in [1.165, 1.54) is 0 Å². The van der Waals surface area contributed by atoms with Gasteiger partial charge in [0, 0.05) is 35.0 Å². The smallest absolute Gasteiger partial charge is 0.272 e. The fraction of sp³-hybridized carbons (Fsp3) is 0.238. The molecule has 2 aromatic carbocycles. The van der Waals surface area contributed by atoms with Crippen LogP contribution in [0.4, 0.5) is 5.69 Å². The Balaban J connectivity index is 2.58. The van der Waals surface area contributed by atoms with Crippen LogP contribution in [0, 0.1) is 0 Å². The fourth-order valence-corrected chi connectivity index (χ4v) is 2.79. The Morgan fingerprint density at radius 2 is 1.93 bits per heavy atom. The monoisotopic (exact) mass is 382 g/mol. The third kappa shape index (κ3) is 4.25. The Bertz CT molecular complexity index is 907. The van der Waals surface area contributed by atoms with Crippen LogP contribution >= 0.6 is 0 Å². The van der Waals surface area contributed by atoms with Crippen molar-refractivity contribution in [3.05, 3.63) is 47.7 Å². The van der Waals surface area contributed by atoms with Gasteiger partial charge in [0.1, 0.15) is 11.5 Å². The number of hydrogen-bond acceptors (Lipinski definition) is 6. The first-order valence-electron chi connectivity index (χ1n) is 8.84. The molecule has 0 aliphatic carbocycles. The number of hydrogen-bond donors (Lipinski definition) is 3. The lowest BCUT2D eigenvalue weighted by Gasteiger charge is -2.16. The first-order valence-corrected chi connectivity index (χ1v) is 8.84. The largest absolute Gasteiger partial charge is 0.497 e. The van der Waals surface area contributed by atoms with Crippen LogP contribution in [0.25, 0.3) is 16.8 Å². The Hall–Kier alpha value is -3.48. The molecule has 0 fully saturated rings. The van der Waals surface area contributed by atoms with Crippen molar-refractivity contribution in [1.82, 2.24) is 5.32 Å². The molecule has 0 unspecified atom stereocenters. The fourth-order valence-electron chi connectivity index (χ4n) is 2.79. The lowest BCUT2D eigenvalue weighted by molar-refractivity contribution is -0.117. The molecule has 1 amide bonds. The number of anilines is 1. The third-order valence-electron chi connectivity index (χ3n) is 4.26. The molecular weight excluding hydrogens is 356 g/mol. The Labute approximate surface area is 165 Å². The normalized spacial score (nSPS) is 11.4. The molecule has 7 nitrogen and oxygen atoms in total.